The van der Waals surface area contributed by atoms with E-state index in [0.29, 0.717) is 12.5 Å². The van der Waals surface area contributed by atoms with E-state index < -0.39 is 0 Å². The van der Waals surface area contributed by atoms with Crippen molar-refractivity contribution in [1.82, 2.24) is 10.2 Å². The van der Waals surface area contributed by atoms with Crippen LogP contribution < -0.4 is 5.32 Å². The van der Waals surface area contributed by atoms with Gasteiger partial charge in [0.15, 0.2) is 5.96 Å². The molecule has 4 heteroatoms. The minimum absolute atomic E-state index is 0.614. The minimum atomic E-state index is 0.614. The lowest BCUT2D eigenvalue weighted by Crippen LogP contribution is -2.41. The zero-order valence-corrected chi connectivity index (χ0v) is 13.5. The number of hydrogen-bond acceptors (Lipinski definition) is 2. The highest BCUT2D eigenvalue weighted by atomic mass is 16.5. The highest BCUT2D eigenvalue weighted by molar-refractivity contribution is 5.80. The maximum Gasteiger partial charge on any atom is 0.193 e. The highest BCUT2D eigenvalue weighted by Gasteiger charge is 2.27. The molecule has 1 unspecified atom stereocenters. The largest absolute Gasteiger partial charge is 0.376 e. The van der Waals surface area contributed by atoms with Gasteiger partial charge in [0.05, 0.1) is 13.2 Å². The number of likely N-dealkylation sites (tertiary alicyclic amines) is 1. The molecule has 120 valence electrons. The van der Waals surface area contributed by atoms with Gasteiger partial charge >= 0.3 is 0 Å². The van der Waals surface area contributed by atoms with Crippen LogP contribution in [0, 0.1) is 11.8 Å². The van der Waals surface area contributed by atoms with Crippen molar-refractivity contribution in [2.45, 2.75) is 25.9 Å². The van der Waals surface area contributed by atoms with Crippen LogP contribution in [-0.4, -0.2) is 44.1 Å². The number of nitrogens with one attached hydrogen (secondary N) is 1. The predicted octanol–water partition coefficient (Wildman–Crippen LogP) is 2.51. The lowest BCUT2D eigenvalue weighted by molar-refractivity contribution is 0.0906. The number of ether oxygens (including phenoxy) is 1. The van der Waals surface area contributed by atoms with Gasteiger partial charge in [-0.3, -0.25) is 4.99 Å². The van der Waals surface area contributed by atoms with Crippen molar-refractivity contribution in [2.24, 2.45) is 16.8 Å². The second-order valence-electron chi connectivity index (χ2n) is 6.47. The molecule has 1 saturated heterocycles. The van der Waals surface area contributed by atoms with E-state index >= 15 is 0 Å². The molecule has 1 aliphatic heterocycles. The molecular weight excluding hydrogens is 274 g/mol. The summed E-state index contributed by atoms with van der Waals surface area (Å²) in [6.07, 6.45) is 3.94. The van der Waals surface area contributed by atoms with Gasteiger partial charge in [0.25, 0.3) is 0 Å². The highest BCUT2D eigenvalue weighted by Crippen LogP contribution is 2.27. The van der Waals surface area contributed by atoms with Crippen LogP contribution in [0.3, 0.4) is 0 Å². The Balaban J connectivity index is 1.37. The third-order valence-electron chi connectivity index (χ3n) is 4.51. The summed E-state index contributed by atoms with van der Waals surface area (Å²) in [5, 5.41) is 3.51. The number of aliphatic imine (C=N–C) groups is 1. The van der Waals surface area contributed by atoms with E-state index in [1.165, 1.54) is 24.8 Å². The van der Waals surface area contributed by atoms with Gasteiger partial charge in [0, 0.05) is 32.6 Å². The Bertz CT molecular complexity index is 484. The molecule has 3 rings (SSSR count). The summed E-state index contributed by atoms with van der Waals surface area (Å²) in [5.41, 5.74) is 1.25. The third-order valence-corrected chi connectivity index (χ3v) is 4.51. The summed E-state index contributed by atoms with van der Waals surface area (Å²) in [7, 11) is 1.88. The second-order valence-corrected chi connectivity index (χ2v) is 6.47. The van der Waals surface area contributed by atoms with Crippen LogP contribution in [0.4, 0.5) is 0 Å². The molecule has 1 saturated carbocycles. The van der Waals surface area contributed by atoms with Crippen molar-refractivity contribution >= 4 is 5.96 Å². The van der Waals surface area contributed by atoms with Crippen LogP contribution >= 0.6 is 0 Å². The Kier molecular flexibility index (Phi) is 5.33. The monoisotopic (exact) mass is 301 g/mol. The molecule has 0 bridgehead atoms. The van der Waals surface area contributed by atoms with E-state index in [0.717, 1.165) is 38.1 Å². The second kappa shape index (κ2) is 7.63. The maximum absolute atomic E-state index is 5.89. The van der Waals surface area contributed by atoms with Crippen molar-refractivity contribution < 1.29 is 4.74 Å². The number of guanidine groups is 1. The lowest BCUT2D eigenvalue weighted by Gasteiger charge is -2.21. The number of benzene rings is 1. The normalized spacial score (nSPS) is 22.1. The van der Waals surface area contributed by atoms with Crippen LogP contribution in [0.15, 0.2) is 35.3 Å². The van der Waals surface area contributed by atoms with E-state index in [9.17, 15) is 0 Å². The summed E-state index contributed by atoms with van der Waals surface area (Å²) in [4.78, 5) is 6.80. The van der Waals surface area contributed by atoms with Crippen molar-refractivity contribution in [3.8, 4) is 0 Å². The first-order valence-electron chi connectivity index (χ1n) is 8.42. The summed E-state index contributed by atoms with van der Waals surface area (Å²) >= 11 is 0. The standard InChI is InChI=1S/C18H27N3O/c1-19-18(20-11-15-7-8-15)21-10-9-17(12-21)14-22-13-16-5-3-2-4-6-16/h2-6,15,17H,7-14H2,1H3,(H,19,20). The topological polar surface area (TPSA) is 36.9 Å². The fourth-order valence-corrected chi connectivity index (χ4v) is 2.97. The van der Waals surface area contributed by atoms with Crippen LogP contribution in [0.2, 0.25) is 0 Å². The quantitative estimate of drug-likeness (QED) is 0.648. The van der Waals surface area contributed by atoms with Gasteiger partial charge in [0.1, 0.15) is 0 Å². The Labute approximate surface area is 133 Å². The van der Waals surface area contributed by atoms with Crippen molar-refractivity contribution in [3.05, 3.63) is 35.9 Å². The maximum atomic E-state index is 5.89. The van der Waals surface area contributed by atoms with Crippen LogP contribution in [0.1, 0.15) is 24.8 Å². The average Bonchev–Trinajstić information content (AvgIpc) is 3.27. The van der Waals surface area contributed by atoms with Gasteiger partial charge in [-0.1, -0.05) is 30.3 Å². The van der Waals surface area contributed by atoms with Gasteiger partial charge in [-0.05, 0) is 30.7 Å². The zero-order valence-electron chi connectivity index (χ0n) is 13.5. The van der Waals surface area contributed by atoms with Crippen molar-refractivity contribution in [2.75, 3.05) is 33.3 Å². The zero-order chi connectivity index (χ0) is 15.2. The number of rotatable bonds is 6. The molecule has 0 spiro atoms. The van der Waals surface area contributed by atoms with Gasteiger partial charge in [-0.25, -0.2) is 0 Å². The van der Waals surface area contributed by atoms with E-state index in [1.54, 1.807) is 0 Å². The summed E-state index contributed by atoms with van der Waals surface area (Å²) in [6, 6.07) is 10.4. The van der Waals surface area contributed by atoms with Gasteiger partial charge in [0.2, 0.25) is 0 Å². The summed E-state index contributed by atoms with van der Waals surface area (Å²) in [6.45, 7) is 4.78. The molecule has 0 aromatic heterocycles. The number of nitrogens with zero attached hydrogens (tertiary/aromatic N) is 2. The first-order valence-corrected chi connectivity index (χ1v) is 8.42. The fraction of sp³-hybridized carbons (Fsp3) is 0.611. The van der Waals surface area contributed by atoms with Gasteiger partial charge < -0.3 is 15.0 Å². The molecule has 1 aliphatic carbocycles. The molecule has 2 aliphatic rings. The molecule has 2 fully saturated rings. The summed E-state index contributed by atoms with van der Waals surface area (Å²) < 4.78 is 5.89. The lowest BCUT2D eigenvalue weighted by atomic mass is 10.1. The van der Waals surface area contributed by atoms with Crippen LogP contribution in [0.25, 0.3) is 0 Å². The Morgan fingerprint density at radius 1 is 1.23 bits per heavy atom. The van der Waals surface area contributed by atoms with Crippen LogP contribution in [0.5, 0.6) is 0 Å². The molecule has 0 amide bonds. The fourth-order valence-electron chi connectivity index (χ4n) is 2.97. The number of hydrogen-bond donors (Lipinski definition) is 1. The minimum Gasteiger partial charge on any atom is -0.376 e. The Morgan fingerprint density at radius 2 is 2.05 bits per heavy atom. The first-order chi connectivity index (χ1) is 10.8. The molecule has 1 N–H and O–H groups in total. The summed E-state index contributed by atoms with van der Waals surface area (Å²) in [5.74, 6) is 2.56. The molecular formula is C18H27N3O. The Morgan fingerprint density at radius 3 is 2.77 bits per heavy atom. The molecule has 1 aromatic rings. The SMILES string of the molecule is CN=C(NCC1CC1)N1CCC(COCc2ccccc2)C1. The van der Waals surface area contributed by atoms with Gasteiger partial charge in [-0.2, -0.15) is 0 Å². The predicted molar refractivity (Wildman–Crippen MR) is 89.9 cm³/mol. The van der Waals surface area contributed by atoms with E-state index in [1.807, 2.05) is 13.1 Å². The van der Waals surface area contributed by atoms with E-state index in [4.69, 9.17) is 4.74 Å². The van der Waals surface area contributed by atoms with Gasteiger partial charge in [-0.15, -0.1) is 0 Å². The molecule has 0 radical (unpaired) electrons. The Hall–Kier alpha value is -1.55. The van der Waals surface area contributed by atoms with Crippen LogP contribution in [-0.2, 0) is 11.3 Å². The van der Waals surface area contributed by atoms with Crippen molar-refractivity contribution in [3.63, 3.8) is 0 Å². The van der Waals surface area contributed by atoms with Crippen molar-refractivity contribution in [1.29, 1.82) is 0 Å². The smallest absolute Gasteiger partial charge is 0.193 e. The molecule has 1 aromatic carbocycles. The molecule has 22 heavy (non-hydrogen) atoms. The average molecular weight is 301 g/mol. The third kappa shape index (κ3) is 4.47. The van der Waals surface area contributed by atoms with E-state index in [-0.39, 0.29) is 0 Å². The van der Waals surface area contributed by atoms with E-state index in [2.05, 4.69) is 39.5 Å². The molecule has 1 heterocycles. The first kappa shape index (κ1) is 15.3. The molecule has 1 atom stereocenters. The molecule has 4 nitrogen and oxygen atoms in total.